The summed E-state index contributed by atoms with van der Waals surface area (Å²) in [6.07, 6.45) is 20.3. The van der Waals surface area contributed by atoms with Crippen LogP contribution in [0.3, 0.4) is 0 Å². The van der Waals surface area contributed by atoms with Crippen LogP contribution in [0.25, 0.3) is 0 Å². The second-order valence-corrected chi connectivity index (χ2v) is 12.8. The molecule has 26 heavy (non-hydrogen) atoms. The average Bonchev–Trinajstić information content (AvgIpc) is 2.65. The zero-order valence-electron chi connectivity index (χ0n) is 18.2. The molecular weight excluding hydrogens is 361 g/mol. The smallest absolute Gasteiger partial charge is 0.0594 e. The number of thioether (sulfide) groups is 1. The van der Waals surface area contributed by atoms with E-state index in [2.05, 4.69) is 27.7 Å². The Bertz CT molecular complexity index is 279. The monoisotopic (exact) mass is 407 g/mol. The highest BCUT2D eigenvalue weighted by atomic mass is 32.2. The van der Waals surface area contributed by atoms with Crippen molar-refractivity contribution in [1.29, 1.82) is 0 Å². The lowest BCUT2D eigenvalue weighted by molar-refractivity contribution is -0.307. The normalized spacial score (nSPS) is 12.4. The topological polar surface area (TPSA) is 66.2 Å². The minimum absolute atomic E-state index is 0.490. The van der Waals surface area contributed by atoms with Crippen LogP contribution in [0.4, 0.5) is 0 Å². The number of hydrogen-bond donors (Lipinski definition) is 1. The number of carbonyl (C=O) groups is 1. The van der Waals surface area contributed by atoms with Crippen LogP contribution in [0.5, 0.6) is 0 Å². The van der Waals surface area contributed by atoms with Crippen LogP contribution in [0.1, 0.15) is 85.5 Å². The van der Waals surface area contributed by atoms with Crippen molar-refractivity contribution in [2.75, 3.05) is 36.7 Å². The highest BCUT2D eigenvalue weighted by Gasteiger charge is 2.34. The van der Waals surface area contributed by atoms with Crippen LogP contribution in [0.2, 0.25) is 0 Å². The highest BCUT2D eigenvalue weighted by Crippen LogP contribution is 2.61. The van der Waals surface area contributed by atoms with Gasteiger partial charge in [-0.25, -0.2) is 0 Å². The van der Waals surface area contributed by atoms with Gasteiger partial charge in [0.25, 0.3) is 0 Å². The van der Waals surface area contributed by atoms with Crippen molar-refractivity contribution in [3.63, 3.8) is 0 Å². The highest BCUT2D eigenvalue weighted by molar-refractivity contribution is 7.98. The van der Waals surface area contributed by atoms with E-state index in [0.29, 0.717) is 6.42 Å². The maximum atomic E-state index is 9.96. The van der Waals surface area contributed by atoms with Crippen molar-refractivity contribution in [2.24, 2.45) is 5.73 Å². The van der Waals surface area contributed by atoms with Gasteiger partial charge in [0.05, 0.1) is 30.6 Å². The summed E-state index contributed by atoms with van der Waals surface area (Å²) in [4.78, 5) is 9.96. The van der Waals surface area contributed by atoms with E-state index in [9.17, 15) is 9.90 Å². The summed E-state index contributed by atoms with van der Waals surface area (Å²) in [5.41, 5.74) is 5.13. The molecule has 0 saturated carbocycles. The molecule has 0 rings (SSSR count). The van der Waals surface area contributed by atoms with Gasteiger partial charge in [0.1, 0.15) is 0 Å². The Morgan fingerprint density at radius 2 is 1.23 bits per heavy atom. The number of unbranched alkanes of at least 4 members (excludes halogenated alkanes) is 4. The minimum Gasteiger partial charge on any atom is -0.548 e. The van der Waals surface area contributed by atoms with Crippen molar-refractivity contribution in [1.82, 2.24) is 0 Å². The van der Waals surface area contributed by atoms with Gasteiger partial charge in [0.15, 0.2) is 0 Å². The Hall–Kier alpha value is 0.210. The predicted octanol–water partition coefficient (Wildman–Crippen LogP) is 5.02. The summed E-state index contributed by atoms with van der Waals surface area (Å²) in [6, 6.07) is -0.794. The molecule has 0 aliphatic rings. The Labute approximate surface area is 169 Å². The maximum Gasteiger partial charge on any atom is 0.0594 e. The van der Waals surface area contributed by atoms with Gasteiger partial charge in [-0.05, 0) is 44.1 Å². The van der Waals surface area contributed by atoms with E-state index < -0.39 is 19.3 Å². The SMILES string of the molecule is CCCC[P+](CCCC)(CCCC)CCCC.CSCC[C@H](N)C(=O)[O-]. The van der Waals surface area contributed by atoms with Crippen molar-refractivity contribution in [3.05, 3.63) is 0 Å². The molecule has 0 aliphatic carbocycles. The van der Waals surface area contributed by atoms with E-state index in [0.717, 1.165) is 5.75 Å². The van der Waals surface area contributed by atoms with Gasteiger partial charge in [-0.1, -0.05) is 53.4 Å². The molecule has 0 spiro atoms. The van der Waals surface area contributed by atoms with Crippen molar-refractivity contribution >= 4 is 25.0 Å². The van der Waals surface area contributed by atoms with E-state index >= 15 is 0 Å². The molecule has 0 aromatic rings. The third-order valence-corrected chi connectivity index (χ3v) is 10.6. The molecule has 1 atom stereocenters. The summed E-state index contributed by atoms with van der Waals surface area (Å²) in [5.74, 6) is -0.390. The molecule has 0 saturated heterocycles. The number of nitrogens with two attached hydrogens (primary N) is 1. The predicted molar refractivity (Wildman–Crippen MR) is 122 cm³/mol. The van der Waals surface area contributed by atoms with E-state index in [1.807, 2.05) is 6.26 Å². The second-order valence-electron chi connectivity index (χ2n) is 7.36. The first-order valence-electron chi connectivity index (χ1n) is 10.7. The number of carboxylic acids is 1. The number of carbonyl (C=O) groups excluding carboxylic acids is 1. The number of hydrogen-bond acceptors (Lipinski definition) is 4. The maximum absolute atomic E-state index is 9.96. The van der Waals surface area contributed by atoms with Crippen LogP contribution < -0.4 is 10.8 Å². The van der Waals surface area contributed by atoms with Gasteiger partial charge in [0.2, 0.25) is 0 Å². The molecule has 0 heterocycles. The van der Waals surface area contributed by atoms with Crippen LogP contribution >= 0.6 is 19.0 Å². The Morgan fingerprint density at radius 3 is 1.46 bits per heavy atom. The Kier molecular flexibility index (Phi) is 21.8. The molecule has 0 fully saturated rings. The number of rotatable bonds is 16. The van der Waals surface area contributed by atoms with E-state index in [-0.39, 0.29) is 0 Å². The molecule has 2 N–H and O–H groups in total. The van der Waals surface area contributed by atoms with Gasteiger partial charge in [-0.2, -0.15) is 11.8 Å². The largest absolute Gasteiger partial charge is 0.548 e. The lowest BCUT2D eigenvalue weighted by Crippen LogP contribution is -2.42. The van der Waals surface area contributed by atoms with Crippen molar-refractivity contribution < 1.29 is 9.90 Å². The van der Waals surface area contributed by atoms with Gasteiger partial charge < -0.3 is 15.6 Å². The molecule has 3 nitrogen and oxygen atoms in total. The molecule has 0 aromatic carbocycles. The fourth-order valence-electron chi connectivity index (χ4n) is 3.01. The zero-order chi connectivity index (χ0) is 20.3. The van der Waals surface area contributed by atoms with Crippen LogP contribution in [-0.2, 0) is 4.79 Å². The van der Waals surface area contributed by atoms with Gasteiger partial charge in [0, 0.05) is 13.3 Å². The van der Waals surface area contributed by atoms with Crippen LogP contribution in [0, 0.1) is 0 Å². The lowest BCUT2D eigenvalue weighted by atomic mass is 10.2. The summed E-state index contributed by atoms with van der Waals surface area (Å²) < 4.78 is 0. The minimum atomic E-state index is -1.16. The third-order valence-electron chi connectivity index (χ3n) is 4.88. The Balaban J connectivity index is 0. The zero-order valence-corrected chi connectivity index (χ0v) is 19.9. The van der Waals surface area contributed by atoms with Gasteiger partial charge in [-0.3, -0.25) is 0 Å². The first-order chi connectivity index (χ1) is 12.4. The van der Waals surface area contributed by atoms with Gasteiger partial charge >= 0.3 is 0 Å². The summed E-state index contributed by atoms with van der Waals surface area (Å²) >= 11 is 1.58. The fraction of sp³-hybridized carbons (Fsp3) is 0.952. The number of aliphatic carboxylic acids is 1. The molecular formula is C21H46NO2PS. The van der Waals surface area contributed by atoms with Crippen molar-refractivity contribution in [2.45, 2.75) is 91.5 Å². The van der Waals surface area contributed by atoms with Crippen LogP contribution in [-0.4, -0.2) is 48.7 Å². The average molecular weight is 408 g/mol. The molecule has 158 valence electrons. The van der Waals surface area contributed by atoms with Crippen LogP contribution in [0.15, 0.2) is 0 Å². The fourth-order valence-corrected chi connectivity index (χ4v) is 8.79. The van der Waals surface area contributed by atoms with E-state index in [1.54, 1.807) is 36.4 Å². The Morgan fingerprint density at radius 1 is 0.885 bits per heavy atom. The molecule has 0 aromatic heterocycles. The molecule has 0 amide bonds. The summed E-state index contributed by atoms with van der Waals surface area (Å²) in [6.45, 7) is 9.42. The quantitative estimate of drug-likeness (QED) is 0.365. The number of carboxylic acid groups (broad SMARTS) is 1. The van der Waals surface area contributed by atoms with E-state index in [4.69, 9.17) is 5.73 Å². The molecule has 0 bridgehead atoms. The molecule has 0 unspecified atom stereocenters. The molecule has 0 radical (unpaired) electrons. The first kappa shape index (κ1) is 28.4. The summed E-state index contributed by atoms with van der Waals surface area (Å²) in [7, 11) is -0.562. The van der Waals surface area contributed by atoms with E-state index in [1.165, 1.54) is 51.4 Å². The standard InChI is InChI=1S/C16H36P.C5H11NO2S/c1-5-9-13-17(14-10-6-2,15-11-7-3)16-12-8-4;1-9-3-2-4(6)5(7)8/h5-16H2,1-4H3;4H,2-3,6H2,1H3,(H,7,8)/q+1;/p-1/t;4-/m.0/s1. The first-order valence-corrected chi connectivity index (χ1v) is 14.7. The lowest BCUT2D eigenvalue weighted by Gasteiger charge is -2.28. The summed E-state index contributed by atoms with van der Waals surface area (Å²) in [5, 5.41) is 9.96. The molecule has 5 heteroatoms. The second kappa shape index (κ2) is 20.0. The molecule has 0 aliphatic heterocycles. The third kappa shape index (κ3) is 16.4. The van der Waals surface area contributed by atoms with Gasteiger partial charge in [-0.15, -0.1) is 0 Å². The van der Waals surface area contributed by atoms with Crippen molar-refractivity contribution in [3.8, 4) is 0 Å².